The predicted octanol–water partition coefficient (Wildman–Crippen LogP) is 5.19. The number of alkyl halides is 3. The molecule has 0 aliphatic rings. The molecule has 0 N–H and O–H groups in total. The van der Waals surface area contributed by atoms with Crippen LogP contribution in [-0.4, -0.2) is 25.5 Å². The second kappa shape index (κ2) is 6.99. The number of rotatable bonds is 5. The molecule has 0 amide bonds. The topological polar surface area (TPSA) is 35.5 Å². The molecule has 0 radical (unpaired) electrons. The van der Waals surface area contributed by atoms with E-state index in [1.807, 2.05) is 0 Å². The van der Waals surface area contributed by atoms with Crippen LogP contribution in [0.2, 0.25) is 0 Å². The van der Waals surface area contributed by atoms with Crippen molar-refractivity contribution in [3.05, 3.63) is 0 Å². The number of halogens is 3. The quantitative estimate of drug-likeness (QED) is 0.510. The molecule has 0 bridgehead atoms. The zero-order chi connectivity index (χ0) is 18.9. The summed E-state index contributed by atoms with van der Waals surface area (Å²) < 4.78 is 52.0. The van der Waals surface area contributed by atoms with E-state index in [1.54, 1.807) is 41.5 Å². The van der Waals surface area contributed by atoms with Crippen LogP contribution >= 0.6 is 0 Å². The third-order valence-corrected chi connectivity index (χ3v) is 3.80. The third-order valence-electron chi connectivity index (χ3n) is 3.80. The highest BCUT2D eigenvalue weighted by molar-refractivity contribution is 5.78. The monoisotopic (exact) mass is 340 g/mol. The molecule has 2 unspecified atom stereocenters. The summed E-state index contributed by atoms with van der Waals surface area (Å²) in [5, 5.41) is 0. The Morgan fingerprint density at radius 2 is 1.43 bits per heavy atom. The summed E-state index contributed by atoms with van der Waals surface area (Å²) in [6.45, 7) is 13.1. The van der Waals surface area contributed by atoms with E-state index < -0.39 is 40.6 Å². The number of hydrogen-bond acceptors (Lipinski definition) is 3. The molecule has 6 heteroatoms. The van der Waals surface area contributed by atoms with Crippen molar-refractivity contribution in [1.29, 1.82) is 0 Å². The lowest BCUT2D eigenvalue weighted by Crippen LogP contribution is -2.53. The van der Waals surface area contributed by atoms with E-state index in [1.165, 1.54) is 21.0 Å². The molecule has 138 valence electrons. The van der Waals surface area contributed by atoms with Gasteiger partial charge in [-0.3, -0.25) is 4.79 Å². The lowest BCUT2D eigenvalue weighted by Gasteiger charge is -2.42. The first kappa shape index (κ1) is 22.2. The smallest absolute Gasteiger partial charge is 0.405 e. The highest BCUT2D eigenvalue weighted by atomic mass is 19.4. The first-order valence-corrected chi connectivity index (χ1v) is 7.79. The van der Waals surface area contributed by atoms with Crippen LogP contribution < -0.4 is 0 Å². The minimum atomic E-state index is -4.71. The Morgan fingerprint density at radius 1 is 1.00 bits per heavy atom. The molecule has 0 aliphatic heterocycles. The average Bonchev–Trinajstić information content (AvgIpc) is 2.27. The summed E-state index contributed by atoms with van der Waals surface area (Å²) in [6, 6.07) is 0. The predicted molar refractivity (Wildman–Crippen MR) is 83.7 cm³/mol. The van der Waals surface area contributed by atoms with Crippen LogP contribution in [0.4, 0.5) is 13.2 Å². The van der Waals surface area contributed by atoms with Crippen molar-refractivity contribution in [2.75, 3.05) is 7.11 Å². The van der Waals surface area contributed by atoms with Gasteiger partial charge in [-0.15, -0.1) is 0 Å². The number of esters is 1. The molecule has 0 rings (SSSR count). The Balaban J connectivity index is 5.91. The molecular weight excluding hydrogens is 309 g/mol. The van der Waals surface area contributed by atoms with Crippen molar-refractivity contribution in [3.63, 3.8) is 0 Å². The van der Waals surface area contributed by atoms with Gasteiger partial charge in [0.05, 0.1) is 0 Å². The van der Waals surface area contributed by atoms with Crippen LogP contribution in [0.3, 0.4) is 0 Å². The van der Waals surface area contributed by atoms with Crippen LogP contribution in [0.1, 0.15) is 61.8 Å². The summed E-state index contributed by atoms with van der Waals surface area (Å²) in [6.07, 6.45) is -6.10. The standard InChI is InChI=1S/C17H31F3O3/c1-11(2)16(17(18,19)20,10-14(3,4)5)12(21)23-13(22-9)15(6,7)8/h11,13H,10H2,1-9H3. The molecule has 0 spiro atoms. The van der Waals surface area contributed by atoms with Crippen LogP contribution in [0.15, 0.2) is 0 Å². The fraction of sp³-hybridized carbons (Fsp3) is 0.941. The Labute approximate surface area is 137 Å². The molecule has 23 heavy (non-hydrogen) atoms. The zero-order valence-corrected chi connectivity index (χ0v) is 15.7. The molecule has 0 heterocycles. The molecule has 0 aliphatic carbocycles. The van der Waals surface area contributed by atoms with Gasteiger partial charge in [0, 0.05) is 12.5 Å². The first-order valence-electron chi connectivity index (χ1n) is 7.79. The van der Waals surface area contributed by atoms with Crippen molar-refractivity contribution in [2.45, 2.75) is 74.3 Å². The second-order valence-electron chi connectivity index (χ2n) is 8.70. The Bertz CT molecular complexity index is 403. The fourth-order valence-corrected chi connectivity index (χ4v) is 2.67. The normalized spacial score (nSPS) is 17.8. The summed E-state index contributed by atoms with van der Waals surface area (Å²) >= 11 is 0. The van der Waals surface area contributed by atoms with E-state index in [0.717, 1.165) is 0 Å². The molecule has 0 aromatic heterocycles. The lowest BCUT2D eigenvalue weighted by atomic mass is 9.66. The van der Waals surface area contributed by atoms with Crippen LogP contribution in [0.5, 0.6) is 0 Å². The molecule has 3 nitrogen and oxygen atoms in total. The highest BCUT2D eigenvalue weighted by Gasteiger charge is 2.64. The van der Waals surface area contributed by atoms with E-state index in [-0.39, 0.29) is 6.42 Å². The molecule has 0 fully saturated rings. The van der Waals surface area contributed by atoms with Gasteiger partial charge in [-0.25, -0.2) is 0 Å². The fourth-order valence-electron chi connectivity index (χ4n) is 2.67. The van der Waals surface area contributed by atoms with Crippen molar-refractivity contribution in [3.8, 4) is 0 Å². The van der Waals surface area contributed by atoms with Gasteiger partial charge in [-0.05, 0) is 17.8 Å². The van der Waals surface area contributed by atoms with Crippen molar-refractivity contribution >= 4 is 5.97 Å². The molecular formula is C17H31F3O3. The highest BCUT2D eigenvalue weighted by Crippen LogP contribution is 2.52. The molecule has 0 saturated heterocycles. The van der Waals surface area contributed by atoms with Gasteiger partial charge < -0.3 is 9.47 Å². The Kier molecular flexibility index (Phi) is 6.76. The molecule has 0 aromatic carbocycles. The Morgan fingerprint density at radius 3 is 1.65 bits per heavy atom. The van der Waals surface area contributed by atoms with E-state index in [2.05, 4.69) is 0 Å². The van der Waals surface area contributed by atoms with Gasteiger partial charge in [-0.1, -0.05) is 55.4 Å². The van der Waals surface area contributed by atoms with Crippen LogP contribution in [0, 0.1) is 22.2 Å². The number of methoxy groups -OCH3 is 1. The van der Waals surface area contributed by atoms with E-state index in [0.29, 0.717) is 0 Å². The van der Waals surface area contributed by atoms with E-state index in [4.69, 9.17) is 9.47 Å². The average molecular weight is 340 g/mol. The maximum Gasteiger partial charge on any atom is 0.405 e. The maximum atomic E-state index is 13.9. The van der Waals surface area contributed by atoms with Gasteiger partial charge in [0.25, 0.3) is 0 Å². The number of carbonyl (C=O) groups is 1. The van der Waals surface area contributed by atoms with Crippen molar-refractivity contribution in [2.24, 2.45) is 22.2 Å². The first-order chi connectivity index (χ1) is 9.99. The van der Waals surface area contributed by atoms with Crippen LogP contribution in [0.25, 0.3) is 0 Å². The summed E-state index contributed by atoms with van der Waals surface area (Å²) in [4.78, 5) is 12.6. The van der Waals surface area contributed by atoms with Gasteiger partial charge in [0.2, 0.25) is 6.29 Å². The summed E-state index contributed by atoms with van der Waals surface area (Å²) in [5.74, 6) is -2.22. The minimum Gasteiger partial charge on any atom is -0.435 e. The zero-order valence-electron chi connectivity index (χ0n) is 15.7. The van der Waals surface area contributed by atoms with Gasteiger partial charge in [0.1, 0.15) is 0 Å². The third kappa shape index (κ3) is 5.37. The molecule has 0 aromatic rings. The van der Waals surface area contributed by atoms with Crippen LogP contribution in [-0.2, 0) is 14.3 Å². The number of ether oxygens (including phenoxy) is 2. The summed E-state index contributed by atoms with van der Waals surface area (Å²) in [5.41, 5.74) is -3.88. The SMILES string of the molecule is COC(OC(=O)C(CC(C)(C)C)(C(C)C)C(F)(F)F)C(C)(C)C. The molecule has 0 saturated carbocycles. The second-order valence-corrected chi connectivity index (χ2v) is 8.70. The van der Waals surface area contributed by atoms with Gasteiger partial charge >= 0.3 is 12.1 Å². The van der Waals surface area contributed by atoms with E-state index >= 15 is 0 Å². The maximum absolute atomic E-state index is 13.9. The van der Waals surface area contributed by atoms with Gasteiger partial charge in [0.15, 0.2) is 5.41 Å². The molecule has 2 atom stereocenters. The van der Waals surface area contributed by atoms with Crippen molar-refractivity contribution < 1.29 is 27.4 Å². The minimum absolute atomic E-state index is 0.347. The lowest BCUT2D eigenvalue weighted by molar-refractivity contribution is -0.269. The van der Waals surface area contributed by atoms with Crippen molar-refractivity contribution in [1.82, 2.24) is 0 Å². The largest absolute Gasteiger partial charge is 0.435 e. The Hall–Kier alpha value is -0.780. The van der Waals surface area contributed by atoms with Gasteiger partial charge in [-0.2, -0.15) is 13.2 Å². The number of hydrogen-bond donors (Lipinski definition) is 0. The summed E-state index contributed by atoms with van der Waals surface area (Å²) in [7, 11) is 1.32. The number of carbonyl (C=O) groups excluding carboxylic acids is 1. The van der Waals surface area contributed by atoms with E-state index in [9.17, 15) is 18.0 Å².